The van der Waals surface area contributed by atoms with E-state index in [0.29, 0.717) is 19.4 Å². The molecule has 0 aliphatic heterocycles. The fourth-order valence-electron chi connectivity index (χ4n) is 1.91. The van der Waals surface area contributed by atoms with E-state index in [1.165, 1.54) is 5.56 Å². The Labute approximate surface area is 121 Å². The zero-order valence-corrected chi connectivity index (χ0v) is 12.5. The van der Waals surface area contributed by atoms with Crippen LogP contribution in [0.15, 0.2) is 24.3 Å². The Morgan fingerprint density at radius 3 is 2.25 bits per heavy atom. The van der Waals surface area contributed by atoms with Gasteiger partial charge in [0.2, 0.25) is 11.8 Å². The molecule has 0 saturated heterocycles. The third-order valence-corrected chi connectivity index (χ3v) is 3.19. The average Bonchev–Trinajstić information content (AvgIpc) is 2.45. The molecule has 4 heteroatoms. The first kappa shape index (κ1) is 16.2. The van der Waals surface area contributed by atoms with Crippen LogP contribution in [0.3, 0.4) is 0 Å². The first-order chi connectivity index (χ1) is 9.56. The lowest BCUT2D eigenvalue weighted by Gasteiger charge is -2.13. The summed E-state index contributed by atoms with van der Waals surface area (Å²) in [6.45, 7) is 6.24. The molecule has 20 heavy (non-hydrogen) atoms. The smallest absolute Gasteiger partial charge is 0.242 e. The monoisotopic (exact) mass is 276 g/mol. The Hall–Kier alpha value is -1.84. The van der Waals surface area contributed by atoms with E-state index in [4.69, 9.17) is 0 Å². The molecule has 1 aromatic rings. The van der Waals surface area contributed by atoms with Gasteiger partial charge in [-0.25, -0.2) is 0 Å². The number of carbonyl (C=O) groups excluding carboxylic acids is 2. The van der Waals surface area contributed by atoms with Gasteiger partial charge in [-0.15, -0.1) is 0 Å². The summed E-state index contributed by atoms with van der Waals surface area (Å²) in [6, 6.07) is 7.80. The van der Waals surface area contributed by atoms with Crippen molar-refractivity contribution in [2.45, 2.75) is 46.1 Å². The number of likely N-dealkylation sites (N-methyl/N-ethyl adjacent to an activating group) is 1. The number of hydrogen-bond acceptors (Lipinski definition) is 2. The molecule has 2 amide bonds. The molecule has 110 valence electrons. The summed E-state index contributed by atoms with van der Waals surface area (Å²) >= 11 is 0. The van der Waals surface area contributed by atoms with Crippen LogP contribution in [0, 0.1) is 0 Å². The summed E-state index contributed by atoms with van der Waals surface area (Å²) in [6.07, 6.45) is 2.11. The van der Waals surface area contributed by atoms with Crippen molar-refractivity contribution < 1.29 is 9.59 Å². The number of benzene rings is 1. The van der Waals surface area contributed by atoms with Gasteiger partial charge in [0.25, 0.3) is 0 Å². The average molecular weight is 276 g/mol. The summed E-state index contributed by atoms with van der Waals surface area (Å²) < 4.78 is 0. The fraction of sp³-hybridized carbons (Fsp3) is 0.500. The van der Waals surface area contributed by atoms with E-state index < -0.39 is 6.04 Å². The van der Waals surface area contributed by atoms with Gasteiger partial charge in [-0.3, -0.25) is 9.59 Å². The Balaban J connectivity index is 2.37. The Morgan fingerprint density at radius 2 is 1.70 bits per heavy atom. The number of amides is 2. The molecule has 0 heterocycles. The standard InChI is InChI=1S/C16H24N2O2/c1-4-13-6-8-14(9-7-13)10-11-15(19)18-12(3)16(20)17-5-2/h6-9,12H,4-5,10-11H2,1-3H3,(H,17,20)(H,18,19)/t12-/m1/s1. The Bertz CT molecular complexity index is 440. The van der Waals surface area contributed by atoms with Crippen LogP contribution in [0.4, 0.5) is 0 Å². The summed E-state index contributed by atoms with van der Waals surface area (Å²) in [5.74, 6) is -0.239. The van der Waals surface area contributed by atoms with Crippen molar-refractivity contribution in [1.29, 1.82) is 0 Å². The first-order valence-electron chi connectivity index (χ1n) is 7.21. The minimum atomic E-state index is -0.482. The van der Waals surface area contributed by atoms with Crippen LogP contribution in [-0.4, -0.2) is 24.4 Å². The van der Waals surface area contributed by atoms with Crippen LogP contribution in [0.1, 0.15) is 38.3 Å². The SMILES string of the molecule is CCNC(=O)[C@@H](C)NC(=O)CCc1ccc(CC)cc1. The largest absolute Gasteiger partial charge is 0.355 e. The molecular weight excluding hydrogens is 252 g/mol. The van der Waals surface area contributed by atoms with Crippen molar-refractivity contribution in [3.05, 3.63) is 35.4 Å². The third-order valence-electron chi connectivity index (χ3n) is 3.19. The van der Waals surface area contributed by atoms with Crippen molar-refractivity contribution in [2.24, 2.45) is 0 Å². The minimum absolute atomic E-state index is 0.0941. The van der Waals surface area contributed by atoms with Crippen molar-refractivity contribution in [1.82, 2.24) is 10.6 Å². The molecule has 0 aliphatic carbocycles. The molecule has 0 aliphatic rings. The van der Waals surface area contributed by atoms with E-state index in [2.05, 4.69) is 41.8 Å². The van der Waals surface area contributed by atoms with Gasteiger partial charge in [-0.2, -0.15) is 0 Å². The second kappa shape index (κ2) is 8.35. The lowest BCUT2D eigenvalue weighted by Crippen LogP contribution is -2.44. The molecule has 1 aromatic carbocycles. The normalized spacial score (nSPS) is 11.8. The van der Waals surface area contributed by atoms with Gasteiger partial charge in [-0.05, 0) is 37.8 Å². The maximum absolute atomic E-state index is 11.8. The third kappa shape index (κ3) is 5.43. The van der Waals surface area contributed by atoms with Crippen molar-refractivity contribution in [2.75, 3.05) is 6.54 Å². The molecule has 0 aromatic heterocycles. The van der Waals surface area contributed by atoms with Crippen LogP contribution >= 0.6 is 0 Å². The van der Waals surface area contributed by atoms with Crippen LogP contribution in [0.2, 0.25) is 0 Å². The molecule has 1 rings (SSSR count). The highest BCUT2D eigenvalue weighted by Crippen LogP contribution is 2.07. The number of rotatable bonds is 7. The Morgan fingerprint density at radius 1 is 1.10 bits per heavy atom. The van der Waals surface area contributed by atoms with Crippen molar-refractivity contribution >= 4 is 11.8 Å². The maximum atomic E-state index is 11.8. The molecule has 0 bridgehead atoms. The number of carbonyl (C=O) groups is 2. The van der Waals surface area contributed by atoms with Gasteiger partial charge in [0, 0.05) is 13.0 Å². The molecular formula is C16H24N2O2. The van der Waals surface area contributed by atoms with Gasteiger partial charge in [0.1, 0.15) is 6.04 Å². The quantitative estimate of drug-likeness (QED) is 0.798. The summed E-state index contributed by atoms with van der Waals surface area (Å²) in [7, 11) is 0. The lowest BCUT2D eigenvalue weighted by molar-refractivity contribution is -0.128. The topological polar surface area (TPSA) is 58.2 Å². The fourth-order valence-corrected chi connectivity index (χ4v) is 1.91. The van der Waals surface area contributed by atoms with Crippen LogP contribution in [-0.2, 0) is 22.4 Å². The van der Waals surface area contributed by atoms with E-state index in [-0.39, 0.29) is 11.8 Å². The molecule has 2 N–H and O–H groups in total. The van der Waals surface area contributed by atoms with Crippen molar-refractivity contribution in [3.8, 4) is 0 Å². The predicted octanol–water partition coefficient (Wildman–Crippen LogP) is 1.82. The van der Waals surface area contributed by atoms with Gasteiger partial charge in [0.05, 0.1) is 0 Å². The molecule has 0 radical (unpaired) electrons. The highest BCUT2D eigenvalue weighted by atomic mass is 16.2. The second-order valence-corrected chi connectivity index (χ2v) is 4.85. The predicted molar refractivity (Wildman–Crippen MR) is 80.4 cm³/mol. The zero-order chi connectivity index (χ0) is 15.0. The van der Waals surface area contributed by atoms with E-state index >= 15 is 0 Å². The molecule has 0 unspecified atom stereocenters. The highest BCUT2D eigenvalue weighted by molar-refractivity contribution is 5.87. The zero-order valence-electron chi connectivity index (χ0n) is 12.5. The molecule has 0 spiro atoms. The highest BCUT2D eigenvalue weighted by Gasteiger charge is 2.14. The number of hydrogen-bond donors (Lipinski definition) is 2. The van der Waals surface area contributed by atoms with Gasteiger partial charge in [0.15, 0.2) is 0 Å². The molecule has 4 nitrogen and oxygen atoms in total. The van der Waals surface area contributed by atoms with E-state index in [9.17, 15) is 9.59 Å². The molecule has 0 fully saturated rings. The van der Waals surface area contributed by atoms with Crippen LogP contribution < -0.4 is 10.6 Å². The van der Waals surface area contributed by atoms with Gasteiger partial charge in [-0.1, -0.05) is 31.2 Å². The van der Waals surface area contributed by atoms with Crippen LogP contribution in [0.5, 0.6) is 0 Å². The van der Waals surface area contributed by atoms with Crippen molar-refractivity contribution in [3.63, 3.8) is 0 Å². The van der Waals surface area contributed by atoms with E-state index in [1.807, 2.05) is 6.92 Å². The summed E-state index contributed by atoms with van der Waals surface area (Å²) in [5.41, 5.74) is 2.44. The number of aryl methyl sites for hydroxylation is 2. The molecule has 0 saturated carbocycles. The Kier molecular flexibility index (Phi) is 6.77. The summed E-state index contributed by atoms with van der Waals surface area (Å²) in [5, 5.41) is 5.39. The first-order valence-corrected chi connectivity index (χ1v) is 7.21. The summed E-state index contributed by atoms with van der Waals surface area (Å²) in [4.78, 5) is 23.3. The van der Waals surface area contributed by atoms with Gasteiger partial charge >= 0.3 is 0 Å². The van der Waals surface area contributed by atoms with Gasteiger partial charge < -0.3 is 10.6 Å². The van der Waals surface area contributed by atoms with E-state index in [1.54, 1.807) is 6.92 Å². The van der Waals surface area contributed by atoms with Crippen LogP contribution in [0.25, 0.3) is 0 Å². The molecule has 1 atom stereocenters. The lowest BCUT2D eigenvalue weighted by atomic mass is 10.1. The minimum Gasteiger partial charge on any atom is -0.355 e. The van der Waals surface area contributed by atoms with E-state index in [0.717, 1.165) is 12.0 Å². The maximum Gasteiger partial charge on any atom is 0.242 e. The number of nitrogens with one attached hydrogen (secondary N) is 2. The second-order valence-electron chi connectivity index (χ2n) is 4.85.